The average Bonchev–Trinajstić information content (AvgIpc) is 3.36. The second kappa shape index (κ2) is 7.67. The Morgan fingerprint density at radius 1 is 1.18 bits per heavy atom. The van der Waals surface area contributed by atoms with Gasteiger partial charge in [0.2, 0.25) is 0 Å². The Bertz CT molecular complexity index is 991. The summed E-state index contributed by atoms with van der Waals surface area (Å²) in [6.45, 7) is 4.72. The molecule has 3 heterocycles. The number of carbonyl (C=O) groups excluding carboxylic acids is 2. The predicted octanol–water partition coefficient (Wildman–Crippen LogP) is 1.69. The van der Waals surface area contributed by atoms with Crippen molar-refractivity contribution in [2.45, 2.75) is 33.1 Å². The van der Waals surface area contributed by atoms with E-state index in [0.717, 1.165) is 5.56 Å². The second-order valence-corrected chi connectivity index (χ2v) is 6.68. The lowest BCUT2D eigenvalue weighted by Crippen LogP contribution is -2.39. The summed E-state index contributed by atoms with van der Waals surface area (Å²) in [5.74, 6) is 0.129. The summed E-state index contributed by atoms with van der Waals surface area (Å²) in [5.41, 5.74) is 2.27. The van der Waals surface area contributed by atoms with Crippen LogP contribution in [0.4, 0.5) is 0 Å². The first-order valence-electron chi connectivity index (χ1n) is 9.35. The smallest absolute Gasteiger partial charge is 0.290 e. The van der Waals surface area contributed by atoms with Gasteiger partial charge in [0.15, 0.2) is 5.82 Å². The van der Waals surface area contributed by atoms with Crippen LogP contribution in [0.15, 0.2) is 48.8 Å². The highest BCUT2D eigenvalue weighted by Gasteiger charge is 2.27. The van der Waals surface area contributed by atoms with Gasteiger partial charge in [-0.15, -0.1) is 0 Å². The molecule has 1 aliphatic rings. The number of aromatic nitrogens is 4. The lowest BCUT2D eigenvalue weighted by atomic mass is 10.2. The molecular weight excluding hydrogens is 356 g/mol. The molecule has 0 unspecified atom stereocenters. The highest BCUT2D eigenvalue weighted by Crippen LogP contribution is 2.16. The van der Waals surface area contributed by atoms with Crippen molar-refractivity contribution in [2.75, 3.05) is 6.54 Å². The van der Waals surface area contributed by atoms with Crippen LogP contribution in [0.5, 0.6) is 0 Å². The second-order valence-electron chi connectivity index (χ2n) is 6.68. The van der Waals surface area contributed by atoms with Crippen LogP contribution in [-0.2, 0) is 26.2 Å². The van der Waals surface area contributed by atoms with Crippen LogP contribution < -0.4 is 5.32 Å². The van der Waals surface area contributed by atoms with E-state index in [2.05, 4.69) is 15.4 Å². The van der Waals surface area contributed by atoms with Gasteiger partial charge in [-0.05, 0) is 18.6 Å². The standard InChI is InChI=1S/C20H22N6O2/c1-2-26-17(8-9-22-26)19(27)21-12-16-14-24-10-11-25(20(28)18(24)23-16)13-15-6-4-3-5-7-15/h3-9,14H,2,10-13H2,1H3,(H,21,27). The summed E-state index contributed by atoms with van der Waals surface area (Å²) in [5, 5.41) is 6.95. The fourth-order valence-corrected chi connectivity index (χ4v) is 3.36. The highest BCUT2D eigenvalue weighted by molar-refractivity contribution is 5.93. The number of hydrogen-bond donors (Lipinski definition) is 1. The van der Waals surface area contributed by atoms with Crippen LogP contribution in [0.3, 0.4) is 0 Å². The number of hydrogen-bond acceptors (Lipinski definition) is 4. The van der Waals surface area contributed by atoms with Gasteiger partial charge in [0, 0.05) is 38.6 Å². The molecular formula is C20H22N6O2. The molecule has 0 fully saturated rings. The quantitative estimate of drug-likeness (QED) is 0.707. The largest absolute Gasteiger partial charge is 0.345 e. The molecule has 0 aliphatic carbocycles. The van der Waals surface area contributed by atoms with E-state index in [0.29, 0.717) is 43.4 Å². The number of nitrogens with one attached hydrogen (secondary N) is 1. The number of rotatable bonds is 6. The molecule has 3 aromatic rings. The topological polar surface area (TPSA) is 85.0 Å². The van der Waals surface area contributed by atoms with E-state index in [1.54, 1.807) is 21.8 Å². The van der Waals surface area contributed by atoms with Crippen LogP contribution in [0.2, 0.25) is 0 Å². The Labute approximate surface area is 162 Å². The maximum atomic E-state index is 12.8. The number of fused-ring (bicyclic) bond motifs is 1. The zero-order valence-electron chi connectivity index (χ0n) is 15.7. The summed E-state index contributed by atoms with van der Waals surface area (Å²) >= 11 is 0. The molecule has 2 amide bonds. The number of aryl methyl sites for hydroxylation is 1. The van der Waals surface area contributed by atoms with E-state index in [1.807, 2.05) is 48.0 Å². The molecule has 1 aromatic carbocycles. The molecule has 2 aromatic heterocycles. The molecule has 1 aliphatic heterocycles. The van der Waals surface area contributed by atoms with Crippen molar-refractivity contribution in [1.29, 1.82) is 0 Å². The first-order chi connectivity index (χ1) is 13.7. The van der Waals surface area contributed by atoms with Gasteiger partial charge in [0.25, 0.3) is 11.8 Å². The third kappa shape index (κ3) is 3.53. The van der Waals surface area contributed by atoms with Crippen molar-refractivity contribution in [3.8, 4) is 0 Å². The molecule has 28 heavy (non-hydrogen) atoms. The minimum atomic E-state index is -0.206. The van der Waals surface area contributed by atoms with E-state index < -0.39 is 0 Å². The maximum Gasteiger partial charge on any atom is 0.290 e. The normalized spacial score (nSPS) is 13.5. The molecule has 4 rings (SSSR count). The fourth-order valence-electron chi connectivity index (χ4n) is 3.36. The minimum absolute atomic E-state index is 0.0864. The third-order valence-corrected chi connectivity index (χ3v) is 4.81. The van der Waals surface area contributed by atoms with Gasteiger partial charge >= 0.3 is 0 Å². The van der Waals surface area contributed by atoms with Gasteiger partial charge in [-0.2, -0.15) is 5.10 Å². The van der Waals surface area contributed by atoms with Crippen molar-refractivity contribution in [2.24, 2.45) is 0 Å². The number of benzene rings is 1. The van der Waals surface area contributed by atoms with Gasteiger partial charge in [-0.25, -0.2) is 4.98 Å². The zero-order chi connectivity index (χ0) is 19.5. The van der Waals surface area contributed by atoms with Gasteiger partial charge in [0.1, 0.15) is 5.69 Å². The maximum absolute atomic E-state index is 12.8. The summed E-state index contributed by atoms with van der Waals surface area (Å²) in [4.78, 5) is 31.4. The van der Waals surface area contributed by atoms with E-state index in [9.17, 15) is 9.59 Å². The molecule has 8 nitrogen and oxygen atoms in total. The average molecular weight is 378 g/mol. The Balaban J connectivity index is 1.42. The Hall–Kier alpha value is -3.42. The molecule has 0 atom stereocenters. The number of amides is 2. The predicted molar refractivity (Wildman–Crippen MR) is 102 cm³/mol. The van der Waals surface area contributed by atoms with Crippen LogP contribution in [0.25, 0.3) is 0 Å². The first-order valence-corrected chi connectivity index (χ1v) is 9.35. The molecule has 0 radical (unpaired) electrons. The number of imidazole rings is 1. The molecule has 8 heteroatoms. The molecule has 144 valence electrons. The minimum Gasteiger partial charge on any atom is -0.345 e. The SMILES string of the molecule is CCn1nccc1C(=O)NCc1cn2c(n1)C(=O)N(Cc1ccccc1)CC2. The van der Waals surface area contributed by atoms with Crippen molar-refractivity contribution in [3.05, 3.63) is 71.6 Å². The lowest BCUT2D eigenvalue weighted by molar-refractivity contribution is 0.0683. The molecule has 1 N–H and O–H groups in total. The van der Waals surface area contributed by atoms with Gasteiger partial charge in [0.05, 0.1) is 12.2 Å². The van der Waals surface area contributed by atoms with E-state index >= 15 is 0 Å². The fraction of sp³-hybridized carbons (Fsp3) is 0.300. The van der Waals surface area contributed by atoms with Gasteiger partial charge in [-0.1, -0.05) is 30.3 Å². The monoisotopic (exact) mass is 378 g/mol. The third-order valence-electron chi connectivity index (χ3n) is 4.81. The Morgan fingerprint density at radius 3 is 2.79 bits per heavy atom. The summed E-state index contributed by atoms with van der Waals surface area (Å²) in [7, 11) is 0. The van der Waals surface area contributed by atoms with E-state index in [4.69, 9.17) is 0 Å². The van der Waals surface area contributed by atoms with Gasteiger partial charge in [-0.3, -0.25) is 14.3 Å². The van der Waals surface area contributed by atoms with Gasteiger partial charge < -0.3 is 14.8 Å². The van der Waals surface area contributed by atoms with E-state index in [1.165, 1.54) is 0 Å². The molecule has 0 spiro atoms. The van der Waals surface area contributed by atoms with Crippen molar-refractivity contribution in [1.82, 2.24) is 29.5 Å². The van der Waals surface area contributed by atoms with Crippen molar-refractivity contribution in [3.63, 3.8) is 0 Å². The Kier molecular flexibility index (Phi) is 4.92. The van der Waals surface area contributed by atoms with Crippen LogP contribution >= 0.6 is 0 Å². The van der Waals surface area contributed by atoms with Crippen molar-refractivity contribution < 1.29 is 9.59 Å². The Morgan fingerprint density at radius 2 is 2.00 bits per heavy atom. The zero-order valence-corrected chi connectivity index (χ0v) is 15.7. The van der Waals surface area contributed by atoms with E-state index in [-0.39, 0.29) is 18.4 Å². The molecule has 0 saturated heterocycles. The van der Waals surface area contributed by atoms with Crippen LogP contribution in [0, 0.1) is 0 Å². The summed E-state index contributed by atoms with van der Waals surface area (Å²) < 4.78 is 3.50. The molecule has 0 bridgehead atoms. The van der Waals surface area contributed by atoms with Crippen LogP contribution in [-0.4, -0.2) is 42.6 Å². The summed E-state index contributed by atoms with van der Waals surface area (Å²) in [6.07, 6.45) is 3.44. The number of carbonyl (C=O) groups is 2. The first kappa shape index (κ1) is 18.0. The summed E-state index contributed by atoms with van der Waals surface area (Å²) in [6, 6.07) is 11.6. The van der Waals surface area contributed by atoms with Crippen LogP contribution in [0.1, 0.15) is 39.3 Å². The lowest BCUT2D eigenvalue weighted by Gasteiger charge is -2.27. The van der Waals surface area contributed by atoms with Crippen molar-refractivity contribution >= 4 is 11.8 Å². The number of nitrogens with zero attached hydrogens (tertiary/aromatic N) is 5. The highest BCUT2D eigenvalue weighted by atomic mass is 16.2. The molecule has 0 saturated carbocycles.